The van der Waals surface area contributed by atoms with Gasteiger partial charge in [0.05, 0.1) is 6.26 Å². The Balaban J connectivity index is 2.94. The molecule has 0 aromatic rings. The number of unbranched alkanes of at least 4 members (excludes halogenated alkanes) is 2. The van der Waals surface area contributed by atoms with Crippen LogP contribution in [0.5, 0.6) is 0 Å². The molecular weight excluding hydrogens is 135 g/mol. The van der Waals surface area contributed by atoms with E-state index in [4.69, 9.17) is 0 Å². The summed E-state index contributed by atoms with van der Waals surface area (Å²) in [5.74, 6) is 0. The largest absolute Gasteiger partial charge is 0.416 e. The molecule has 3 heteroatoms. The molecule has 52 valence electrons. The van der Waals surface area contributed by atoms with E-state index in [-0.39, 0.29) is 8.69 Å². The minimum absolute atomic E-state index is 0.272. The third-order valence-corrected chi connectivity index (χ3v) is 1.13. The van der Waals surface area contributed by atoms with Gasteiger partial charge in [-0.3, -0.25) is 0 Å². The molecule has 0 N–H and O–H groups in total. The first kappa shape index (κ1) is 8.64. The van der Waals surface area contributed by atoms with Crippen LogP contribution in [0.25, 0.3) is 0 Å². The molecule has 0 aliphatic rings. The standard InChI is InChI=1S/C6H11O2P/c1-2-3-4-5-6-8-9-7/h5-6H,2-4H2,1H3. The lowest BCUT2D eigenvalue weighted by molar-refractivity contribution is 0.481. The Morgan fingerprint density at radius 3 is 3.00 bits per heavy atom. The van der Waals surface area contributed by atoms with Gasteiger partial charge in [0, 0.05) is 0 Å². The SMILES string of the molecule is CCCCC=COP=O. The lowest BCUT2D eigenvalue weighted by Gasteiger charge is -1.85. The summed E-state index contributed by atoms with van der Waals surface area (Å²) in [4.78, 5) is 0. The fourth-order valence-electron chi connectivity index (χ4n) is 0.458. The summed E-state index contributed by atoms with van der Waals surface area (Å²) in [6.45, 7) is 2.13. The van der Waals surface area contributed by atoms with E-state index in [0.29, 0.717) is 0 Å². The van der Waals surface area contributed by atoms with Crippen molar-refractivity contribution in [3.05, 3.63) is 12.3 Å². The van der Waals surface area contributed by atoms with Crippen LogP contribution in [0.4, 0.5) is 0 Å². The van der Waals surface area contributed by atoms with E-state index in [2.05, 4.69) is 11.4 Å². The van der Waals surface area contributed by atoms with Gasteiger partial charge in [-0.25, -0.2) is 4.57 Å². The van der Waals surface area contributed by atoms with Crippen molar-refractivity contribution in [2.45, 2.75) is 26.2 Å². The maximum absolute atomic E-state index is 9.66. The van der Waals surface area contributed by atoms with E-state index < -0.39 is 0 Å². The van der Waals surface area contributed by atoms with E-state index >= 15 is 0 Å². The van der Waals surface area contributed by atoms with Gasteiger partial charge in [0.15, 0.2) is 0 Å². The summed E-state index contributed by atoms with van der Waals surface area (Å²) in [7, 11) is -0.272. The Labute approximate surface area is 57.2 Å². The Morgan fingerprint density at radius 1 is 1.67 bits per heavy atom. The quantitative estimate of drug-likeness (QED) is 0.338. The van der Waals surface area contributed by atoms with Crippen LogP contribution in [0.1, 0.15) is 26.2 Å². The predicted molar refractivity (Wildman–Crippen MR) is 37.4 cm³/mol. The highest BCUT2D eigenvalue weighted by Gasteiger charge is 1.76. The van der Waals surface area contributed by atoms with Crippen LogP contribution >= 0.6 is 8.69 Å². The second-order valence-electron chi connectivity index (χ2n) is 1.69. The van der Waals surface area contributed by atoms with Crippen molar-refractivity contribution < 1.29 is 9.09 Å². The van der Waals surface area contributed by atoms with Gasteiger partial charge in [0.1, 0.15) is 0 Å². The van der Waals surface area contributed by atoms with Gasteiger partial charge in [0.2, 0.25) is 0 Å². The molecule has 0 saturated heterocycles. The summed E-state index contributed by atoms with van der Waals surface area (Å²) in [6, 6.07) is 0. The number of allylic oxidation sites excluding steroid dienone is 1. The second kappa shape index (κ2) is 7.64. The lowest BCUT2D eigenvalue weighted by Crippen LogP contribution is -1.65. The van der Waals surface area contributed by atoms with Crippen molar-refractivity contribution in [3.8, 4) is 0 Å². The molecule has 0 unspecified atom stereocenters. The Kier molecular flexibility index (Phi) is 7.33. The van der Waals surface area contributed by atoms with Crippen LogP contribution < -0.4 is 0 Å². The van der Waals surface area contributed by atoms with Crippen LogP contribution in [-0.4, -0.2) is 0 Å². The van der Waals surface area contributed by atoms with Gasteiger partial charge < -0.3 is 4.52 Å². The molecule has 0 heterocycles. The summed E-state index contributed by atoms with van der Waals surface area (Å²) in [5, 5.41) is 0. The van der Waals surface area contributed by atoms with E-state index in [1.165, 1.54) is 12.7 Å². The minimum Gasteiger partial charge on any atom is -0.416 e. The maximum Gasteiger partial charge on any atom is 0.395 e. The highest BCUT2D eigenvalue weighted by atomic mass is 31.1. The van der Waals surface area contributed by atoms with Crippen LogP contribution in [0, 0.1) is 0 Å². The summed E-state index contributed by atoms with van der Waals surface area (Å²) in [6.07, 6.45) is 6.68. The molecule has 0 amide bonds. The van der Waals surface area contributed by atoms with Gasteiger partial charge in [-0.15, -0.1) is 0 Å². The Bertz CT molecular complexity index is 91.1. The molecule has 0 bridgehead atoms. The van der Waals surface area contributed by atoms with Crippen LogP contribution in [0.3, 0.4) is 0 Å². The molecule has 0 aliphatic heterocycles. The molecule has 0 aromatic heterocycles. The molecule has 0 rings (SSSR count). The maximum atomic E-state index is 9.66. The molecule has 0 radical (unpaired) electrons. The summed E-state index contributed by atoms with van der Waals surface area (Å²) >= 11 is 0. The summed E-state index contributed by atoms with van der Waals surface area (Å²) in [5.41, 5.74) is 0. The van der Waals surface area contributed by atoms with Gasteiger partial charge in [-0.2, -0.15) is 0 Å². The van der Waals surface area contributed by atoms with Crippen LogP contribution in [0.15, 0.2) is 12.3 Å². The normalized spacial score (nSPS) is 10.8. The molecule has 2 nitrogen and oxygen atoms in total. The van der Waals surface area contributed by atoms with Gasteiger partial charge >= 0.3 is 8.69 Å². The average Bonchev–Trinajstić information content (AvgIpc) is 1.89. The van der Waals surface area contributed by atoms with Crippen molar-refractivity contribution in [2.24, 2.45) is 0 Å². The molecule has 0 atom stereocenters. The molecule has 0 aliphatic carbocycles. The topological polar surface area (TPSA) is 26.3 Å². The zero-order valence-electron chi connectivity index (χ0n) is 5.54. The zero-order chi connectivity index (χ0) is 6.95. The van der Waals surface area contributed by atoms with E-state index in [9.17, 15) is 4.57 Å². The molecule has 0 spiro atoms. The van der Waals surface area contributed by atoms with Gasteiger partial charge in [0.25, 0.3) is 0 Å². The first-order chi connectivity index (χ1) is 4.41. The minimum atomic E-state index is -0.272. The highest BCUT2D eigenvalue weighted by Crippen LogP contribution is 1.98. The molecule has 9 heavy (non-hydrogen) atoms. The third-order valence-electron chi connectivity index (χ3n) is 0.924. The fourth-order valence-corrected chi connectivity index (χ4v) is 0.594. The van der Waals surface area contributed by atoms with Crippen LogP contribution in [0.2, 0.25) is 0 Å². The van der Waals surface area contributed by atoms with Gasteiger partial charge in [-0.05, 0) is 18.9 Å². The summed E-state index contributed by atoms with van der Waals surface area (Å²) < 4.78 is 14.1. The highest BCUT2D eigenvalue weighted by molar-refractivity contribution is 7.17. The average molecular weight is 146 g/mol. The second-order valence-corrected chi connectivity index (χ2v) is 2.05. The lowest BCUT2D eigenvalue weighted by atomic mass is 10.2. The number of hydrogen-bond donors (Lipinski definition) is 0. The fraction of sp³-hybridized carbons (Fsp3) is 0.667. The van der Waals surface area contributed by atoms with E-state index in [0.717, 1.165) is 12.8 Å². The zero-order valence-corrected chi connectivity index (χ0v) is 6.43. The van der Waals surface area contributed by atoms with Crippen molar-refractivity contribution in [1.29, 1.82) is 0 Å². The number of rotatable bonds is 5. The smallest absolute Gasteiger partial charge is 0.395 e. The van der Waals surface area contributed by atoms with Crippen molar-refractivity contribution >= 4 is 8.69 Å². The number of hydrogen-bond acceptors (Lipinski definition) is 2. The van der Waals surface area contributed by atoms with Crippen molar-refractivity contribution in [1.82, 2.24) is 0 Å². The predicted octanol–water partition coefficient (Wildman–Crippen LogP) is 2.91. The van der Waals surface area contributed by atoms with Crippen molar-refractivity contribution in [2.75, 3.05) is 0 Å². The van der Waals surface area contributed by atoms with Gasteiger partial charge in [-0.1, -0.05) is 13.3 Å². The van der Waals surface area contributed by atoms with E-state index in [1.807, 2.05) is 6.08 Å². The molecular formula is C6H11O2P. The van der Waals surface area contributed by atoms with E-state index in [1.54, 1.807) is 0 Å². The van der Waals surface area contributed by atoms with Crippen LogP contribution in [-0.2, 0) is 9.09 Å². The molecule has 0 saturated carbocycles. The monoisotopic (exact) mass is 146 g/mol. The molecule has 0 fully saturated rings. The van der Waals surface area contributed by atoms with Crippen molar-refractivity contribution in [3.63, 3.8) is 0 Å². The first-order valence-corrected chi connectivity index (χ1v) is 3.78. The molecule has 0 aromatic carbocycles. The third kappa shape index (κ3) is 7.64. The Hall–Kier alpha value is -0.360. The first-order valence-electron chi connectivity index (χ1n) is 3.05. The Morgan fingerprint density at radius 2 is 2.44 bits per heavy atom.